The predicted octanol–water partition coefficient (Wildman–Crippen LogP) is 5.91. The molecule has 0 radical (unpaired) electrons. The van der Waals surface area contributed by atoms with E-state index in [2.05, 4.69) is 95.9 Å². The Morgan fingerprint density at radius 2 is 1.39 bits per heavy atom. The molecule has 0 spiro atoms. The molecule has 3 atom stereocenters. The quantitative estimate of drug-likeness (QED) is 0.390. The van der Waals surface area contributed by atoms with Crippen LogP contribution >= 0.6 is 0 Å². The zero-order chi connectivity index (χ0) is 20.6. The van der Waals surface area contributed by atoms with E-state index < -0.39 is 0 Å². The number of hydrogen-bond acceptors (Lipinski definition) is 1. The number of anilines is 1. The molecule has 1 amide bonds. The lowest BCUT2D eigenvalue weighted by molar-refractivity contribution is 0.0977. The van der Waals surface area contributed by atoms with Gasteiger partial charge in [-0.3, -0.25) is 4.79 Å². The second-order valence-corrected chi connectivity index (χ2v) is 8.87. The average molecular weight is 399 g/mol. The highest BCUT2D eigenvalue weighted by Crippen LogP contribution is 2.64. The molecule has 0 bridgehead atoms. The molecule has 0 fully saturated rings. The summed E-state index contributed by atoms with van der Waals surface area (Å²) in [6, 6.07) is 36.6. The smallest absolute Gasteiger partial charge is 0.259 e. The number of carbonyl (C=O) groups is 1. The second-order valence-electron chi connectivity index (χ2n) is 8.87. The van der Waals surface area contributed by atoms with Gasteiger partial charge in [-0.2, -0.15) is 0 Å². The third kappa shape index (κ3) is 1.96. The summed E-state index contributed by atoms with van der Waals surface area (Å²) in [6.07, 6.45) is 0.960. The molecule has 2 heteroatoms. The first-order chi connectivity index (χ1) is 15.3. The second kappa shape index (κ2) is 5.95. The van der Waals surface area contributed by atoms with Gasteiger partial charge in [0, 0.05) is 17.2 Å². The largest absolute Gasteiger partial charge is 0.300 e. The molecule has 0 N–H and O–H groups in total. The van der Waals surface area contributed by atoms with Gasteiger partial charge in [-0.25, -0.2) is 0 Å². The number of benzene rings is 4. The Morgan fingerprint density at radius 3 is 2.26 bits per heavy atom. The fourth-order valence-electron chi connectivity index (χ4n) is 6.61. The SMILES string of the molecule is O=C1c2ccccc2[C@@H]2[C@@H]3Cc4ccccc4[C@]3(c3ccccc3)c3ccccc3N12. The van der Waals surface area contributed by atoms with Gasteiger partial charge in [-0.05, 0) is 46.4 Å². The van der Waals surface area contributed by atoms with Gasteiger partial charge in [0.05, 0.1) is 11.5 Å². The molecule has 0 saturated carbocycles. The maximum Gasteiger partial charge on any atom is 0.259 e. The Morgan fingerprint density at radius 1 is 0.710 bits per heavy atom. The Kier molecular flexibility index (Phi) is 3.28. The van der Waals surface area contributed by atoms with E-state index in [4.69, 9.17) is 0 Å². The molecular weight excluding hydrogens is 378 g/mol. The summed E-state index contributed by atoms with van der Waals surface area (Å²) in [5.74, 6) is 0.375. The van der Waals surface area contributed by atoms with Crippen LogP contribution in [0.2, 0.25) is 0 Å². The molecule has 31 heavy (non-hydrogen) atoms. The third-order valence-electron chi connectivity index (χ3n) is 7.64. The summed E-state index contributed by atoms with van der Waals surface area (Å²) < 4.78 is 0. The van der Waals surface area contributed by atoms with Crippen molar-refractivity contribution >= 4 is 11.6 Å². The van der Waals surface area contributed by atoms with E-state index in [9.17, 15) is 4.79 Å². The predicted molar refractivity (Wildman–Crippen MR) is 122 cm³/mol. The molecule has 0 saturated heterocycles. The average Bonchev–Trinajstić information content (AvgIpc) is 3.34. The van der Waals surface area contributed by atoms with Gasteiger partial charge in [-0.1, -0.05) is 91.0 Å². The summed E-state index contributed by atoms with van der Waals surface area (Å²) in [5.41, 5.74) is 8.13. The van der Waals surface area contributed by atoms with Crippen molar-refractivity contribution in [3.63, 3.8) is 0 Å². The number of rotatable bonds is 1. The minimum atomic E-state index is -0.270. The van der Waals surface area contributed by atoms with E-state index >= 15 is 0 Å². The summed E-state index contributed by atoms with van der Waals surface area (Å²) >= 11 is 0. The lowest BCUT2D eigenvalue weighted by atomic mass is 9.60. The third-order valence-corrected chi connectivity index (χ3v) is 7.64. The van der Waals surface area contributed by atoms with Crippen LogP contribution in [0.1, 0.15) is 44.2 Å². The fourth-order valence-corrected chi connectivity index (χ4v) is 6.61. The van der Waals surface area contributed by atoms with Crippen LogP contribution in [-0.2, 0) is 11.8 Å². The van der Waals surface area contributed by atoms with Crippen LogP contribution in [0.5, 0.6) is 0 Å². The first-order valence-corrected chi connectivity index (χ1v) is 11.0. The summed E-state index contributed by atoms with van der Waals surface area (Å²) in [7, 11) is 0. The Labute approximate surface area is 181 Å². The standard InChI is InChI=1S/C29H21NO/c31-28-22-14-6-5-13-21(22)27-25-18-19-10-4-7-15-23(19)29(25,20-11-2-1-3-12-20)24-16-8-9-17-26(24)30(27)28/h1-17,25,27H,18H2/t25-,27+,29+/m0/s1. The van der Waals surface area contributed by atoms with Gasteiger partial charge in [0.2, 0.25) is 0 Å². The van der Waals surface area contributed by atoms with Crippen molar-refractivity contribution in [3.05, 3.63) is 137 Å². The number of fused-ring (bicyclic) bond motifs is 10. The van der Waals surface area contributed by atoms with Gasteiger partial charge in [0.1, 0.15) is 0 Å². The van der Waals surface area contributed by atoms with Crippen molar-refractivity contribution in [1.29, 1.82) is 0 Å². The molecule has 7 rings (SSSR count). The van der Waals surface area contributed by atoms with Gasteiger partial charge in [0.25, 0.3) is 5.91 Å². The van der Waals surface area contributed by atoms with E-state index in [0.29, 0.717) is 0 Å². The molecule has 2 nitrogen and oxygen atoms in total. The normalized spacial score (nSPS) is 24.8. The van der Waals surface area contributed by atoms with Gasteiger partial charge in [0.15, 0.2) is 0 Å². The minimum Gasteiger partial charge on any atom is -0.300 e. The molecule has 2 aliphatic heterocycles. The molecule has 0 unspecified atom stereocenters. The minimum absolute atomic E-state index is 0.0335. The number of carbonyl (C=O) groups excluding carboxylic acids is 1. The van der Waals surface area contributed by atoms with Crippen molar-refractivity contribution in [2.24, 2.45) is 5.92 Å². The van der Waals surface area contributed by atoms with E-state index in [1.165, 1.54) is 27.8 Å². The summed E-state index contributed by atoms with van der Waals surface area (Å²) in [6.45, 7) is 0. The van der Waals surface area contributed by atoms with Crippen LogP contribution in [0, 0.1) is 5.92 Å². The van der Waals surface area contributed by atoms with Crippen molar-refractivity contribution in [2.75, 3.05) is 4.90 Å². The van der Waals surface area contributed by atoms with Crippen molar-refractivity contribution < 1.29 is 4.79 Å². The Balaban J connectivity index is 1.64. The molecule has 4 aromatic rings. The first kappa shape index (κ1) is 17.1. The highest BCUT2D eigenvalue weighted by atomic mass is 16.2. The van der Waals surface area contributed by atoms with Crippen molar-refractivity contribution in [2.45, 2.75) is 17.9 Å². The zero-order valence-corrected chi connectivity index (χ0v) is 17.0. The van der Waals surface area contributed by atoms with E-state index in [0.717, 1.165) is 17.7 Å². The van der Waals surface area contributed by atoms with Crippen LogP contribution in [0.25, 0.3) is 0 Å². The van der Waals surface area contributed by atoms with Crippen LogP contribution in [0.3, 0.4) is 0 Å². The summed E-state index contributed by atoms with van der Waals surface area (Å²) in [4.78, 5) is 15.7. The lowest BCUT2D eigenvalue weighted by Crippen LogP contribution is -2.48. The summed E-state index contributed by atoms with van der Waals surface area (Å²) in [5, 5.41) is 0. The number of para-hydroxylation sites is 1. The van der Waals surface area contributed by atoms with Crippen LogP contribution < -0.4 is 4.90 Å². The van der Waals surface area contributed by atoms with Gasteiger partial charge >= 0.3 is 0 Å². The number of amides is 1. The fraction of sp³-hybridized carbons (Fsp3) is 0.138. The monoisotopic (exact) mass is 399 g/mol. The zero-order valence-electron chi connectivity index (χ0n) is 17.0. The maximum atomic E-state index is 13.6. The first-order valence-electron chi connectivity index (χ1n) is 11.0. The van der Waals surface area contributed by atoms with Crippen molar-refractivity contribution in [1.82, 2.24) is 0 Å². The highest BCUT2D eigenvalue weighted by Gasteiger charge is 2.60. The maximum absolute atomic E-state index is 13.6. The molecule has 2 heterocycles. The number of hydrogen-bond donors (Lipinski definition) is 0. The van der Waals surface area contributed by atoms with Gasteiger partial charge in [-0.15, -0.1) is 0 Å². The van der Waals surface area contributed by atoms with Gasteiger partial charge < -0.3 is 4.90 Å². The lowest BCUT2D eigenvalue weighted by Gasteiger charge is -2.49. The molecule has 0 aromatic heterocycles. The van der Waals surface area contributed by atoms with E-state index in [1.54, 1.807) is 0 Å². The number of nitrogens with zero attached hydrogens (tertiary/aromatic N) is 1. The van der Waals surface area contributed by atoms with Crippen LogP contribution in [0.15, 0.2) is 103 Å². The van der Waals surface area contributed by atoms with Crippen LogP contribution in [0.4, 0.5) is 5.69 Å². The van der Waals surface area contributed by atoms with E-state index in [1.807, 2.05) is 12.1 Å². The molecule has 4 aromatic carbocycles. The molecular formula is C29H21NO. The Hall–Kier alpha value is -3.65. The molecule has 3 aliphatic rings. The molecule has 1 aliphatic carbocycles. The Bertz CT molecular complexity index is 1360. The highest BCUT2D eigenvalue weighted by molar-refractivity contribution is 6.12. The van der Waals surface area contributed by atoms with Crippen molar-refractivity contribution in [3.8, 4) is 0 Å². The molecule has 148 valence electrons. The topological polar surface area (TPSA) is 20.3 Å². The van der Waals surface area contributed by atoms with Crippen LogP contribution in [-0.4, -0.2) is 5.91 Å². The van der Waals surface area contributed by atoms with E-state index in [-0.39, 0.29) is 23.3 Å².